The van der Waals surface area contributed by atoms with E-state index in [2.05, 4.69) is 73.4 Å². The normalized spacial score (nSPS) is 15.2. The van der Waals surface area contributed by atoms with E-state index in [1.54, 1.807) is 6.92 Å². The van der Waals surface area contributed by atoms with Gasteiger partial charge in [-0.15, -0.1) is 0 Å². The molecule has 210 valence electrons. The van der Waals surface area contributed by atoms with Gasteiger partial charge < -0.3 is 15.5 Å². The van der Waals surface area contributed by atoms with Crippen LogP contribution in [0.15, 0.2) is 96.1 Å². The standard InChI is InChI=1S/C16H22N2.C10H14F3N.C3H8.C2H6/c1-13(17-3)15-7-6-8-16(10-9-15)14(2)18-11-4-5-12-18;1-4-9(10(11,12)13)7-6-8(3)14-5-2;1-3-2;1-2/h7-10,17H,1-2,4-6,11-12H2,3H3;4,6-7,14H,1,5H2,2-3H3;3H2,1-2H3;1-2H3/b;8-6+,9-7+;;. The van der Waals surface area contributed by atoms with Crippen LogP contribution in [0.1, 0.15) is 67.2 Å². The lowest BCUT2D eigenvalue weighted by Crippen LogP contribution is -2.18. The summed E-state index contributed by atoms with van der Waals surface area (Å²) in [5.41, 5.74) is 4.48. The molecule has 0 aromatic heterocycles. The zero-order valence-electron chi connectivity index (χ0n) is 24.2. The van der Waals surface area contributed by atoms with E-state index in [0.29, 0.717) is 12.2 Å². The second-order valence-corrected chi connectivity index (χ2v) is 8.17. The minimum Gasteiger partial charge on any atom is -0.389 e. The maximum Gasteiger partial charge on any atom is 0.416 e. The SMILES string of the molecule is C=C(NC)C1=CCC=C(C(=C)N2CCCC2)C=C1.C=C/C(=C\C=C(/C)NCC)C(F)(F)F.CC.CCC. The molecule has 0 unspecified atom stereocenters. The molecule has 2 rings (SSSR count). The molecule has 6 heteroatoms. The predicted molar refractivity (Wildman–Crippen MR) is 157 cm³/mol. The monoisotopic (exact) mass is 521 g/mol. The van der Waals surface area contributed by atoms with Gasteiger partial charge in [-0.3, -0.25) is 0 Å². The number of alkyl halides is 3. The van der Waals surface area contributed by atoms with E-state index in [1.165, 1.54) is 30.9 Å². The van der Waals surface area contributed by atoms with Gasteiger partial charge in [-0.25, -0.2) is 0 Å². The highest BCUT2D eigenvalue weighted by Gasteiger charge is 2.30. The maximum absolute atomic E-state index is 12.2. The van der Waals surface area contributed by atoms with Crippen molar-refractivity contribution in [1.29, 1.82) is 0 Å². The minimum absolute atomic E-state index is 0.686. The Morgan fingerprint density at radius 1 is 1.00 bits per heavy atom. The highest BCUT2D eigenvalue weighted by atomic mass is 19.4. The van der Waals surface area contributed by atoms with Gasteiger partial charge >= 0.3 is 6.18 Å². The van der Waals surface area contributed by atoms with E-state index in [4.69, 9.17) is 0 Å². The third-order valence-corrected chi connectivity index (χ3v) is 5.10. The fourth-order valence-electron chi connectivity index (χ4n) is 3.21. The van der Waals surface area contributed by atoms with Crippen molar-refractivity contribution in [2.45, 2.75) is 73.4 Å². The Balaban J connectivity index is 0. The zero-order chi connectivity index (χ0) is 28.9. The van der Waals surface area contributed by atoms with Gasteiger partial charge in [0.15, 0.2) is 0 Å². The lowest BCUT2D eigenvalue weighted by Gasteiger charge is -2.21. The first-order valence-electron chi connectivity index (χ1n) is 13.3. The van der Waals surface area contributed by atoms with Crippen LogP contribution in [0.25, 0.3) is 0 Å². The molecule has 1 fully saturated rings. The fourth-order valence-corrected chi connectivity index (χ4v) is 3.21. The average Bonchev–Trinajstić information content (AvgIpc) is 3.29. The van der Waals surface area contributed by atoms with Crippen LogP contribution in [0.2, 0.25) is 0 Å². The van der Waals surface area contributed by atoms with E-state index in [9.17, 15) is 13.2 Å². The first kappa shape index (κ1) is 36.3. The summed E-state index contributed by atoms with van der Waals surface area (Å²) in [5, 5.41) is 5.98. The first-order chi connectivity index (χ1) is 17.5. The van der Waals surface area contributed by atoms with Crippen LogP contribution in [-0.4, -0.2) is 37.8 Å². The molecule has 0 atom stereocenters. The summed E-state index contributed by atoms with van der Waals surface area (Å²) in [4.78, 5) is 2.38. The molecular formula is C31H50F3N3. The summed E-state index contributed by atoms with van der Waals surface area (Å²) >= 11 is 0. The summed E-state index contributed by atoms with van der Waals surface area (Å²) in [6.07, 6.45) is 12.3. The van der Waals surface area contributed by atoms with Crippen LogP contribution in [0.3, 0.4) is 0 Å². The average molecular weight is 522 g/mol. The molecule has 1 saturated heterocycles. The zero-order valence-corrected chi connectivity index (χ0v) is 24.2. The molecule has 0 spiro atoms. The smallest absolute Gasteiger partial charge is 0.389 e. The lowest BCUT2D eigenvalue weighted by atomic mass is 10.1. The van der Waals surface area contributed by atoms with Gasteiger partial charge in [0.1, 0.15) is 0 Å². The number of allylic oxidation sites excluding steroid dienone is 9. The highest BCUT2D eigenvalue weighted by Crippen LogP contribution is 2.26. The van der Waals surface area contributed by atoms with Gasteiger partial charge in [0.25, 0.3) is 0 Å². The molecule has 1 aliphatic carbocycles. The van der Waals surface area contributed by atoms with Crippen LogP contribution in [0.4, 0.5) is 13.2 Å². The second kappa shape index (κ2) is 21.2. The molecule has 0 bridgehead atoms. The van der Waals surface area contributed by atoms with E-state index in [1.807, 2.05) is 27.8 Å². The molecule has 0 saturated carbocycles. The molecule has 0 aromatic carbocycles. The molecule has 1 aliphatic heterocycles. The predicted octanol–water partition coefficient (Wildman–Crippen LogP) is 8.76. The lowest BCUT2D eigenvalue weighted by molar-refractivity contribution is -0.0881. The van der Waals surface area contributed by atoms with E-state index < -0.39 is 11.7 Å². The molecule has 2 N–H and O–H groups in total. The Hall–Kier alpha value is -2.89. The Kier molecular flexibility index (Phi) is 20.8. The summed E-state index contributed by atoms with van der Waals surface area (Å²) in [6, 6.07) is 0. The Labute approximate surface area is 225 Å². The van der Waals surface area contributed by atoms with Crippen molar-refractivity contribution in [3.05, 3.63) is 96.1 Å². The highest BCUT2D eigenvalue weighted by molar-refractivity contribution is 5.47. The number of nitrogens with one attached hydrogen (secondary N) is 2. The van der Waals surface area contributed by atoms with Crippen LogP contribution >= 0.6 is 0 Å². The van der Waals surface area contributed by atoms with Crippen molar-refractivity contribution < 1.29 is 13.2 Å². The van der Waals surface area contributed by atoms with Crippen molar-refractivity contribution in [3.63, 3.8) is 0 Å². The van der Waals surface area contributed by atoms with E-state index in [0.717, 1.165) is 48.6 Å². The Morgan fingerprint density at radius 2 is 1.51 bits per heavy atom. The van der Waals surface area contributed by atoms with E-state index >= 15 is 0 Å². The largest absolute Gasteiger partial charge is 0.416 e. The van der Waals surface area contributed by atoms with Crippen LogP contribution < -0.4 is 10.6 Å². The molecular weight excluding hydrogens is 471 g/mol. The number of nitrogens with zero attached hydrogens (tertiary/aromatic N) is 1. The molecule has 0 radical (unpaired) electrons. The first-order valence-corrected chi connectivity index (χ1v) is 13.3. The van der Waals surface area contributed by atoms with Gasteiger partial charge in [0.2, 0.25) is 0 Å². The number of halogens is 3. The molecule has 2 aliphatic rings. The Morgan fingerprint density at radius 3 is 1.97 bits per heavy atom. The molecule has 37 heavy (non-hydrogen) atoms. The van der Waals surface area contributed by atoms with Gasteiger partial charge in [-0.1, -0.05) is 84.2 Å². The van der Waals surface area contributed by atoms with Crippen molar-refractivity contribution >= 4 is 0 Å². The maximum atomic E-state index is 12.2. The minimum atomic E-state index is -4.33. The number of hydrogen-bond acceptors (Lipinski definition) is 3. The third kappa shape index (κ3) is 15.7. The van der Waals surface area contributed by atoms with Crippen molar-refractivity contribution in [1.82, 2.24) is 15.5 Å². The Bertz CT molecular complexity index is 834. The third-order valence-electron chi connectivity index (χ3n) is 5.10. The number of likely N-dealkylation sites (tertiary alicyclic amines) is 1. The number of rotatable bonds is 8. The second-order valence-electron chi connectivity index (χ2n) is 8.17. The van der Waals surface area contributed by atoms with Gasteiger partial charge in [0, 0.05) is 43.8 Å². The topological polar surface area (TPSA) is 27.3 Å². The summed E-state index contributed by atoms with van der Waals surface area (Å²) in [6.45, 7) is 26.2. The molecule has 1 heterocycles. The van der Waals surface area contributed by atoms with Gasteiger partial charge in [0.05, 0.1) is 5.57 Å². The van der Waals surface area contributed by atoms with Crippen molar-refractivity contribution in [2.24, 2.45) is 0 Å². The van der Waals surface area contributed by atoms with E-state index in [-0.39, 0.29) is 0 Å². The fraction of sp³-hybridized carbons (Fsp3) is 0.484. The van der Waals surface area contributed by atoms with Crippen LogP contribution in [0, 0.1) is 0 Å². The van der Waals surface area contributed by atoms with Gasteiger partial charge in [-0.2, -0.15) is 13.2 Å². The van der Waals surface area contributed by atoms with Crippen LogP contribution in [0.5, 0.6) is 0 Å². The molecule has 0 amide bonds. The van der Waals surface area contributed by atoms with Crippen molar-refractivity contribution in [2.75, 3.05) is 26.7 Å². The van der Waals surface area contributed by atoms with Gasteiger partial charge in [-0.05, 0) is 56.4 Å². The quantitative estimate of drug-likeness (QED) is 0.313. The number of likely N-dealkylation sites (N-methyl/N-ethyl adjacent to an activating group) is 1. The van der Waals surface area contributed by atoms with Crippen LogP contribution in [-0.2, 0) is 0 Å². The summed E-state index contributed by atoms with van der Waals surface area (Å²) in [7, 11) is 1.90. The number of hydrogen-bond donors (Lipinski definition) is 2. The summed E-state index contributed by atoms with van der Waals surface area (Å²) < 4.78 is 36.5. The van der Waals surface area contributed by atoms with Crippen molar-refractivity contribution in [3.8, 4) is 0 Å². The molecule has 3 nitrogen and oxygen atoms in total. The summed E-state index contributed by atoms with van der Waals surface area (Å²) in [5.74, 6) is 0. The molecule has 0 aromatic rings.